The fraction of sp³-hybridized carbons (Fsp3) is 0.176. The van der Waals surface area contributed by atoms with Gasteiger partial charge in [0.2, 0.25) is 0 Å². The number of rotatable bonds is 3. The van der Waals surface area contributed by atoms with Gasteiger partial charge in [0.1, 0.15) is 0 Å². The summed E-state index contributed by atoms with van der Waals surface area (Å²) < 4.78 is 0.837. The third-order valence-electron chi connectivity index (χ3n) is 3.15. The van der Waals surface area contributed by atoms with E-state index >= 15 is 0 Å². The third-order valence-corrected chi connectivity index (χ3v) is 3.64. The predicted octanol–water partition coefficient (Wildman–Crippen LogP) is 3.75. The number of nitrogens with one attached hydrogen (secondary N) is 1. The first-order chi connectivity index (χ1) is 10.5. The van der Waals surface area contributed by atoms with E-state index in [1.54, 1.807) is 18.2 Å². The molecule has 4 nitrogen and oxygen atoms in total. The number of carbonyl (C=O) groups is 2. The topological polar surface area (TPSA) is 49.4 Å². The maximum Gasteiger partial charge on any atom is 0.316 e. The van der Waals surface area contributed by atoms with Crippen molar-refractivity contribution in [3.05, 3.63) is 58.6 Å². The van der Waals surface area contributed by atoms with Crippen molar-refractivity contribution in [2.45, 2.75) is 13.8 Å². The fourth-order valence-electron chi connectivity index (χ4n) is 2.11. The number of halogens is 1. The second-order valence-electron chi connectivity index (χ2n) is 4.85. The molecule has 1 N–H and O–H groups in total. The molecule has 0 spiro atoms. The predicted molar refractivity (Wildman–Crippen MR) is 92.0 cm³/mol. The summed E-state index contributed by atoms with van der Waals surface area (Å²) in [4.78, 5) is 26.0. The number of hydrogen-bond acceptors (Lipinski definition) is 2. The van der Waals surface area contributed by atoms with Gasteiger partial charge in [0, 0.05) is 22.4 Å². The summed E-state index contributed by atoms with van der Waals surface area (Å²) in [6.07, 6.45) is 0. The number of anilines is 2. The first-order valence-corrected chi connectivity index (χ1v) is 7.75. The van der Waals surface area contributed by atoms with Crippen LogP contribution in [0.5, 0.6) is 0 Å². The Labute approximate surface area is 138 Å². The average Bonchev–Trinajstić information content (AvgIpc) is 2.48. The Morgan fingerprint density at radius 1 is 1.14 bits per heavy atom. The van der Waals surface area contributed by atoms with Crippen molar-refractivity contribution in [1.29, 1.82) is 0 Å². The molecule has 5 heteroatoms. The first-order valence-electron chi connectivity index (χ1n) is 6.96. The molecule has 0 aliphatic heterocycles. The van der Waals surface area contributed by atoms with Crippen molar-refractivity contribution in [1.82, 2.24) is 0 Å². The molecule has 2 aromatic carbocycles. The minimum Gasteiger partial charge on any atom is -0.318 e. The molecule has 0 unspecified atom stereocenters. The molecule has 2 aromatic rings. The van der Waals surface area contributed by atoms with Gasteiger partial charge in [-0.3, -0.25) is 9.59 Å². The van der Waals surface area contributed by atoms with Gasteiger partial charge in [-0.25, -0.2) is 0 Å². The van der Waals surface area contributed by atoms with E-state index in [1.807, 2.05) is 44.2 Å². The maximum absolute atomic E-state index is 12.4. The molecule has 0 aromatic heterocycles. The molecule has 0 saturated heterocycles. The molecule has 0 heterocycles. The lowest BCUT2D eigenvalue weighted by Gasteiger charge is -2.20. The van der Waals surface area contributed by atoms with Crippen LogP contribution in [0.25, 0.3) is 0 Å². The molecule has 0 radical (unpaired) electrons. The van der Waals surface area contributed by atoms with Crippen LogP contribution in [0, 0.1) is 6.92 Å². The molecular weight excluding hydrogens is 344 g/mol. The van der Waals surface area contributed by atoms with Gasteiger partial charge in [0.15, 0.2) is 0 Å². The van der Waals surface area contributed by atoms with Crippen LogP contribution >= 0.6 is 15.9 Å². The molecule has 0 atom stereocenters. The fourth-order valence-corrected chi connectivity index (χ4v) is 2.51. The standard InChI is InChI=1S/C17H17BrN2O2/c1-3-20(15-9-4-6-12(2)10-15)17(22)16(21)19-14-8-5-7-13(18)11-14/h4-11H,3H2,1-2H3,(H,19,21). The normalized spacial score (nSPS) is 10.1. The summed E-state index contributed by atoms with van der Waals surface area (Å²) in [7, 11) is 0. The zero-order chi connectivity index (χ0) is 16.1. The van der Waals surface area contributed by atoms with E-state index in [0.29, 0.717) is 12.2 Å². The Morgan fingerprint density at radius 3 is 2.50 bits per heavy atom. The lowest BCUT2D eigenvalue weighted by molar-refractivity contribution is -0.134. The highest BCUT2D eigenvalue weighted by atomic mass is 79.9. The van der Waals surface area contributed by atoms with Crippen molar-refractivity contribution in [2.24, 2.45) is 0 Å². The molecule has 22 heavy (non-hydrogen) atoms. The summed E-state index contributed by atoms with van der Waals surface area (Å²) in [5, 5.41) is 2.62. The number of amides is 2. The largest absolute Gasteiger partial charge is 0.318 e. The minimum atomic E-state index is -0.651. The van der Waals surface area contributed by atoms with Crippen molar-refractivity contribution in [3.63, 3.8) is 0 Å². The second-order valence-corrected chi connectivity index (χ2v) is 5.77. The third kappa shape index (κ3) is 3.95. The Kier molecular flexibility index (Phi) is 5.33. The SMILES string of the molecule is CCN(C(=O)C(=O)Nc1cccc(Br)c1)c1cccc(C)c1. The van der Waals surface area contributed by atoms with Crippen LogP contribution in [0.2, 0.25) is 0 Å². The highest BCUT2D eigenvalue weighted by Gasteiger charge is 2.22. The van der Waals surface area contributed by atoms with Gasteiger partial charge in [0.25, 0.3) is 0 Å². The molecule has 0 fully saturated rings. The van der Waals surface area contributed by atoms with Crippen LogP contribution in [0.1, 0.15) is 12.5 Å². The Balaban J connectivity index is 2.16. The van der Waals surface area contributed by atoms with Crippen LogP contribution < -0.4 is 10.2 Å². The van der Waals surface area contributed by atoms with E-state index in [4.69, 9.17) is 0 Å². The van der Waals surface area contributed by atoms with Gasteiger partial charge in [-0.15, -0.1) is 0 Å². The number of hydrogen-bond donors (Lipinski definition) is 1. The molecule has 2 amide bonds. The smallest absolute Gasteiger partial charge is 0.316 e. The highest BCUT2D eigenvalue weighted by molar-refractivity contribution is 9.10. The van der Waals surface area contributed by atoms with Crippen molar-refractivity contribution < 1.29 is 9.59 Å². The van der Waals surface area contributed by atoms with Crippen molar-refractivity contribution in [3.8, 4) is 0 Å². The monoisotopic (exact) mass is 360 g/mol. The van der Waals surface area contributed by atoms with Crippen molar-refractivity contribution >= 4 is 39.1 Å². The van der Waals surface area contributed by atoms with E-state index < -0.39 is 11.8 Å². The van der Waals surface area contributed by atoms with E-state index in [0.717, 1.165) is 15.7 Å². The first kappa shape index (κ1) is 16.2. The second kappa shape index (κ2) is 7.22. The summed E-state index contributed by atoms with van der Waals surface area (Å²) in [5.74, 6) is -1.23. The molecule has 0 aliphatic carbocycles. The van der Waals surface area contributed by atoms with Crippen LogP contribution in [-0.4, -0.2) is 18.4 Å². The zero-order valence-corrected chi connectivity index (χ0v) is 14.1. The van der Waals surface area contributed by atoms with E-state index in [-0.39, 0.29) is 0 Å². The molecule has 0 bridgehead atoms. The minimum absolute atomic E-state index is 0.425. The maximum atomic E-state index is 12.4. The van der Waals surface area contributed by atoms with Crippen LogP contribution in [0.15, 0.2) is 53.0 Å². The molecule has 0 saturated carbocycles. The molecule has 0 aliphatic rings. The van der Waals surface area contributed by atoms with Gasteiger partial charge in [-0.05, 0) is 49.7 Å². The van der Waals surface area contributed by atoms with Gasteiger partial charge in [-0.2, -0.15) is 0 Å². The van der Waals surface area contributed by atoms with Crippen LogP contribution in [-0.2, 0) is 9.59 Å². The molecular formula is C17H17BrN2O2. The van der Waals surface area contributed by atoms with E-state index in [9.17, 15) is 9.59 Å². The summed E-state index contributed by atoms with van der Waals surface area (Å²) in [6.45, 7) is 4.21. The van der Waals surface area contributed by atoms with Crippen LogP contribution in [0.3, 0.4) is 0 Å². The highest BCUT2D eigenvalue weighted by Crippen LogP contribution is 2.18. The zero-order valence-electron chi connectivity index (χ0n) is 12.5. The van der Waals surface area contributed by atoms with Gasteiger partial charge >= 0.3 is 11.8 Å². The number of benzene rings is 2. The van der Waals surface area contributed by atoms with Crippen LogP contribution in [0.4, 0.5) is 11.4 Å². The number of likely N-dealkylation sites (N-methyl/N-ethyl adjacent to an activating group) is 1. The van der Waals surface area contributed by atoms with Gasteiger partial charge in [-0.1, -0.05) is 34.1 Å². The summed E-state index contributed by atoms with van der Waals surface area (Å²) >= 11 is 3.33. The Morgan fingerprint density at radius 2 is 1.86 bits per heavy atom. The van der Waals surface area contributed by atoms with Gasteiger partial charge in [0.05, 0.1) is 0 Å². The Hall–Kier alpha value is -2.14. The van der Waals surface area contributed by atoms with Crippen molar-refractivity contribution in [2.75, 3.05) is 16.8 Å². The number of aryl methyl sites for hydroxylation is 1. The molecule has 114 valence electrons. The van der Waals surface area contributed by atoms with E-state index in [2.05, 4.69) is 21.2 Å². The lowest BCUT2D eigenvalue weighted by atomic mass is 10.2. The Bertz CT molecular complexity index is 701. The average molecular weight is 361 g/mol. The summed E-state index contributed by atoms with van der Waals surface area (Å²) in [5.41, 5.74) is 2.33. The number of carbonyl (C=O) groups excluding carboxylic acids is 2. The molecule has 2 rings (SSSR count). The number of nitrogens with zero attached hydrogens (tertiary/aromatic N) is 1. The quantitative estimate of drug-likeness (QED) is 0.847. The van der Waals surface area contributed by atoms with Gasteiger partial charge < -0.3 is 10.2 Å². The summed E-state index contributed by atoms with van der Waals surface area (Å²) in [6, 6.07) is 14.6. The van der Waals surface area contributed by atoms with E-state index in [1.165, 1.54) is 4.90 Å². The lowest BCUT2D eigenvalue weighted by Crippen LogP contribution is -2.39.